The van der Waals surface area contributed by atoms with Crippen LogP contribution in [0.25, 0.3) is 0 Å². The van der Waals surface area contributed by atoms with Crippen molar-refractivity contribution >= 4 is 21.6 Å². The van der Waals surface area contributed by atoms with Gasteiger partial charge in [-0.1, -0.05) is 21.6 Å². The summed E-state index contributed by atoms with van der Waals surface area (Å²) in [6, 6.07) is 0. The van der Waals surface area contributed by atoms with Crippen molar-refractivity contribution in [3.63, 3.8) is 0 Å². The molecule has 0 aliphatic heterocycles. The Morgan fingerprint density at radius 1 is 0.500 bits per heavy atom. The van der Waals surface area contributed by atoms with Crippen molar-refractivity contribution in [3.8, 4) is 0 Å². The molecule has 0 fully saturated rings. The van der Waals surface area contributed by atoms with E-state index in [9.17, 15) is 43.9 Å². The summed E-state index contributed by atoms with van der Waals surface area (Å²) in [5.41, 5.74) is 0. The van der Waals surface area contributed by atoms with Crippen molar-refractivity contribution < 1.29 is 43.9 Å². The fourth-order valence-electron chi connectivity index (χ4n) is 1.11. The first kappa shape index (κ1) is 22.0. The van der Waals surface area contributed by atoms with Crippen LogP contribution in [0.15, 0.2) is 0 Å². The minimum Gasteiger partial charge on any atom is -0.196 e. The van der Waals surface area contributed by atoms with E-state index in [1.54, 1.807) is 0 Å². The average Bonchev–Trinajstić information content (AvgIpc) is 2.29. The van der Waals surface area contributed by atoms with E-state index in [1.165, 1.54) is 0 Å². The number of rotatable bonds is 9. The van der Waals surface area contributed by atoms with Crippen LogP contribution in [0.1, 0.15) is 25.7 Å². The standard InChI is InChI=1S/C10H12F10S2/c11-7(12,9(15,16)17)3-1-5-21-22-6-2-4-8(13,14)10(18,19)20/h1-6H2. The molecule has 0 aromatic heterocycles. The van der Waals surface area contributed by atoms with E-state index >= 15 is 0 Å². The molecule has 0 heterocycles. The van der Waals surface area contributed by atoms with Crippen molar-refractivity contribution in [2.24, 2.45) is 0 Å². The predicted octanol–water partition coefficient (Wildman–Crippen LogP) is 6.32. The van der Waals surface area contributed by atoms with Gasteiger partial charge in [0.05, 0.1) is 0 Å². The highest BCUT2D eigenvalue weighted by molar-refractivity contribution is 8.76. The van der Waals surface area contributed by atoms with Gasteiger partial charge in [-0.3, -0.25) is 0 Å². The molecule has 0 nitrogen and oxygen atoms in total. The van der Waals surface area contributed by atoms with Gasteiger partial charge in [0, 0.05) is 24.3 Å². The van der Waals surface area contributed by atoms with Crippen LogP contribution >= 0.6 is 21.6 Å². The third-order valence-corrected chi connectivity index (χ3v) is 4.93. The molecular formula is C10H12F10S2. The van der Waals surface area contributed by atoms with Gasteiger partial charge in [-0.05, 0) is 12.8 Å². The topological polar surface area (TPSA) is 0 Å². The maximum Gasteiger partial charge on any atom is 0.453 e. The van der Waals surface area contributed by atoms with Crippen LogP contribution in [-0.2, 0) is 0 Å². The zero-order valence-electron chi connectivity index (χ0n) is 10.8. The SMILES string of the molecule is FC(F)(F)C(F)(F)CCCSSCCCC(F)(F)C(F)(F)F. The molecule has 0 N–H and O–H groups in total. The van der Waals surface area contributed by atoms with Crippen LogP contribution < -0.4 is 0 Å². The molecule has 0 radical (unpaired) electrons. The summed E-state index contributed by atoms with van der Waals surface area (Å²) in [7, 11) is 1.70. The van der Waals surface area contributed by atoms with Crippen LogP contribution in [0.5, 0.6) is 0 Å². The van der Waals surface area contributed by atoms with Crippen molar-refractivity contribution in [2.45, 2.75) is 49.9 Å². The molecule has 0 unspecified atom stereocenters. The van der Waals surface area contributed by atoms with Gasteiger partial charge in [-0.2, -0.15) is 43.9 Å². The van der Waals surface area contributed by atoms with Crippen LogP contribution in [0.3, 0.4) is 0 Å². The Labute approximate surface area is 127 Å². The number of halogens is 10. The average molecular weight is 386 g/mol. The van der Waals surface area contributed by atoms with E-state index in [2.05, 4.69) is 0 Å². The van der Waals surface area contributed by atoms with Gasteiger partial charge in [0.15, 0.2) is 0 Å². The second-order valence-corrected chi connectivity index (χ2v) is 6.96. The Morgan fingerprint density at radius 3 is 1.00 bits per heavy atom. The summed E-state index contributed by atoms with van der Waals surface area (Å²) in [6.45, 7) is 0. The normalized spacial score (nSPS) is 14.5. The lowest BCUT2D eigenvalue weighted by Gasteiger charge is -2.19. The maximum absolute atomic E-state index is 12.5. The summed E-state index contributed by atoms with van der Waals surface area (Å²) in [4.78, 5) is 0. The lowest BCUT2D eigenvalue weighted by atomic mass is 10.2. The first-order valence-corrected chi connectivity index (χ1v) is 8.33. The first-order chi connectivity index (χ1) is 9.71. The molecule has 0 aromatic carbocycles. The maximum atomic E-state index is 12.5. The van der Waals surface area contributed by atoms with Crippen molar-refractivity contribution in [1.82, 2.24) is 0 Å². The highest BCUT2D eigenvalue weighted by atomic mass is 33.1. The van der Waals surface area contributed by atoms with E-state index < -0.39 is 49.9 Å². The zero-order valence-corrected chi connectivity index (χ0v) is 12.5. The lowest BCUT2D eigenvalue weighted by molar-refractivity contribution is -0.284. The van der Waals surface area contributed by atoms with Crippen LogP contribution in [0.2, 0.25) is 0 Å². The molecule has 22 heavy (non-hydrogen) atoms. The molecule has 0 saturated heterocycles. The highest BCUT2D eigenvalue weighted by Gasteiger charge is 2.57. The van der Waals surface area contributed by atoms with Gasteiger partial charge in [0.2, 0.25) is 0 Å². The fraction of sp³-hybridized carbons (Fsp3) is 1.00. The number of hydrogen-bond donors (Lipinski definition) is 0. The summed E-state index contributed by atoms with van der Waals surface area (Å²) in [5.74, 6) is -9.75. The Balaban J connectivity index is 3.73. The number of hydrogen-bond acceptors (Lipinski definition) is 2. The molecule has 0 atom stereocenters. The van der Waals surface area contributed by atoms with E-state index in [1.807, 2.05) is 0 Å². The van der Waals surface area contributed by atoms with Crippen LogP contribution in [0, 0.1) is 0 Å². The summed E-state index contributed by atoms with van der Waals surface area (Å²) in [5, 5.41) is 0. The van der Waals surface area contributed by atoms with E-state index in [4.69, 9.17) is 0 Å². The number of alkyl halides is 10. The highest BCUT2D eigenvalue weighted by Crippen LogP contribution is 2.41. The third-order valence-electron chi connectivity index (χ3n) is 2.35. The zero-order chi connectivity index (χ0) is 17.7. The van der Waals surface area contributed by atoms with Gasteiger partial charge in [0.25, 0.3) is 0 Å². The molecule has 0 aromatic rings. The van der Waals surface area contributed by atoms with E-state index in [0.717, 1.165) is 21.6 Å². The molecule has 0 aliphatic carbocycles. The summed E-state index contributed by atoms with van der Waals surface area (Å²) in [6.07, 6.45) is -14.9. The Bertz CT molecular complexity index is 291. The molecule has 0 rings (SSSR count). The molecular weight excluding hydrogens is 374 g/mol. The minimum absolute atomic E-state index is 0.0913. The summed E-state index contributed by atoms with van der Waals surface area (Å²) >= 11 is 0. The van der Waals surface area contributed by atoms with Crippen molar-refractivity contribution in [1.29, 1.82) is 0 Å². The van der Waals surface area contributed by atoms with E-state index in [0.29, 0.717) is 0 Å². The molecule has 12 heteroatoms. The lowest BCUT2D eigenvalue weighted by Crippen LogP contribution is -2.36. The fourth-order valence-corrected chi connectivity index (χ4v) is 3.28. The second kappa shape index (κ2) is 8.20. The van der Waals surface area contributed by atoms with E-state index in [-0.39, 0.29) is 11.5 Å². The molecule has 0 aliphatic rings. The van der Waals surface area contributed by atoms with Crippen molar-refractivity contribution in [2.75, 3.05) is 11.5 Å². The third kappa shape index (κ3) is 7.51. The molecule has 0 spiro atoms. The van der Waals surface area contributed by atoms with Gasteiger partial charge >= 0.3 is 24.2 Å². The monoisotopic (exact) mass is 386 g/mol. The van der Waals surface area contributed by atoms with Crippen molar-refractivity contribution in [3.05, 3.63) is 0 Å². The smallest absolute Gasteiger partial charge is 0.196 e. The van der Waals surface area contributed by atoms with Gasteiger partial charge in [0.1, 0.15) is 0 Å². The summed E-state index contributed by atoms with van der Waals surface area (Å²) < 4.78 is 121. The van der Waals surface area contributed by atoms with Crippen LogP contribution in [0.4, 0.5) is 43.9 Å². The second-order valence-electron chi connectivity index (χ2n) is 4.26. The van der Waals surface area contributed by atoms with Crippen LogP contribution in [-0.4, -0.2) is 35.7 Å². The Hall–Kier alpha value is -0.000000000000000111. The Morgan fingerprint density at radius 2 is 0.773 bits per heavy atom. The van der Waals surface area contributed by atoms with Gasteiger partial charge in [-0.25, -0.2) is 0 Å². The largest absolute Gasteiger partial charge is 0.453 e. The predicted molar refractivity (Wildman–Crippen MR) is 65.4 cm³/mol. The molecule has 0 bridgehead atoms. The minimum atomic E-state index is -5.62. The van der Waals surface area contributed by atoms with Gasteiger partial charge < -0.3 is 0 Å². The quantitative estimate of drug-likeness (QED) is 0.258. The Kier molecular flexibility index (Phi) is 8.20. The molecule has 0 saturated carbocycles. The van der Waals surface area contributed by atoms with Gasteiger partial charge in [-0.15, -0.1) is 0 Å². The first-order valence-electron chi connectivity index (χ1n) is 5.84. The molecule has 134 valence electrons. The molecule has 0 amide bonds.